The summed E-state index contributed by atoms with van der Waals surface area (Å²) < 4.78 is 0. The molecule has 0 saturated heterocycles. The second kappa shape index (κ2) is 15.6. The first-order valence-corrected chi connectivity index (χ1v) is 15.1. The van der Waals surface area contributed by atoms with Crippen LogP contribution in [0.25, 0.3) is 0 Å². The second-order valence-electron chi connectivity index (χ2n) is 13.0. The van der Waals surface area contributed by atoms with Gasteiger partial charge in [-0.15, -0.1) is 5.92 Å². The fourth-order valence-corrected chi connectivity index (χ4v) is 5.36. The molecule has 2 atom stereocenters. The van der Waals surface area contributed by atoms with E-state index in [0.717, 1.165) is 24.8 Å². The van der Waals surface area contributed by atoms with E-state index in [1.807, 2.05) is 6.08 Å². The van der Waals surface area contributed by atoms with Crippen molar-refractivity contribution in [3.05, 3.63) is 82.0 Å². The van der Waals surface area contributed by atoms with Crippen molar-refractivity contribution in [2.45, 2.75) is 108 Å². The summed E-state index contributed by atoms with van der Waals surface area (Å²) in [4.78, 5) is 0. The third-order valence-electron chi connectivity index (χ3n) is 7.92. The van der Waals surface area contributed by atoms with Crippen LogP contribution >= 0.6 is 0 Å². The average molecular weight is 533 g/mol. The van der Waals surface area contributed by atoms with Crippen LogP contribution in [0.15, 0.2) is 82.0 Å². The summed E-state index contributed by atoms with van der Waals surface area (Å²) in [7, 11) is 0. The quantitative estimate of drug-likeness (QED) is 0.236. The van der Waals surface area contributed by atoms with Gasteiger partial charge in [-0.25, -0.2) is 0 Å². The van der Waals surface area contributed by atoms with Crippen molar-refractivity contribution in [3.8, 4) is 35.5 Å². The molecular formula is C40H52. The summed E-state index contributed by atoms with van der Waals surface area (Å²) in [6.07, 6.45) is 24.1. The Morgan fingerprint density at radius 3 is 2.42 bits per heavy atom. The van der Waals surface area contributed by atoms with Gasteiger partial charge in [-0.05, 0) is 105 Å². The van der Waals surface area contributed by atoms with Gasteiger partial charge in [-0.2, -0.15) is 0 Å². The van der Waals surface area contributed by atoms with Crippen LogP contribution in [-0.2, 0) is 0 Å². The van der Waals surface area contributed by atoms with Crippen LogP contribution in [0, 0.1) is 58.2 Å². The Morgan fingerprint density at radius 2 is 1.73 bits per heavy atom. The van der Waals surface area contributed by atoms with Gasteiger partial charge >= 0.3 is 0 Å². The van der Waals surface area contributed by atoms with Crippen LogP contribution in [0.1, 0.15) is 108 Å². The van der Waals surface area contributed by atoms with Crippen molar-refractivity contribution in [2.75, 3.05) is 0 Å². The van der Waals surface area contributed by atoms with Gasteiger partial charge in [0.1, 0.15) is 0 Å². The maximum Gasteiger partial charge on any atom is 0.0357 e. The van der Waals surface area contributed by atoms with Crippen LogP contribution < -0.4 is 0 Å². The highest BCUT2D eigenvalue weighted by Crippen LogP contribution is 2.41. The van der Waals surface area contributed by atoms with E-state index in [9.17, 15) is 0 Å². The monoisotopic (exact) mass is 532 g/mol. The molecule has 0 aromatic rings. The van der Waals surface area contributed by atoms with E-state index in [1.54, 1.807) is 0 Å². The van der Waals surface area contributed by atoms with Gasteiger partial charge in [-0.1, -0.05) is 112 Å². The van der Waals surface area contributed by atoms with E-state index in [2.05, 4.69) is 147 Å². The van der Waals surface area contributed by atoms with Crippen LogP contribution in [0.2, 0.25) is 0 Å². The summed E-state index contributed by atoms with van der Waals surface area (Å²) in [5.41, 5.74) is 8.51. The third kappa shape index (κ3) is 11.2. The summed E-state index contributed by atoms with van der Waals surface area (Å²) in [6, 6.07) is 0. The van der Waals surface area contributed by atoms with Crippen molar-refractivity contribution < 1.29 is 0 Å². The lowest BCUT2D eigenvalue weighted by atomic mass is 9.72. The van der Waals surface area contributed by atoms with Gasteiger partial charge in [0, 0.05) is 24.7 Å². The molecule has 0 aromatic carbocycles. The molecule has 2 aliphatic rings. The zero-order valence-electron chi connectivity index (χ0n) is 27.0. The first-order chi connectivity index (χ1) is 18.8. The molecule has 0 saturated carbocycles. The standard InChI is InChI=1S/C40H52/c1-31(19-13-21-33(3)25-27-37-35(5)23-15-29-39(37,7)8)17-11-12-18-32(2)20-14-22-34(4)26-28-38-36(6)24-16-30-40(38,9)10/h16-17,21,24-28,32,34H,11,15,20,23,29-30H2,1-10H3/b27-25+,28-26+,31-17+,33-21+. The van der Waals surface area contributed by atoms with Crippen molar-refractivity contribution in [3.63, 3.8) is 0 Å². The van der Waals surface area contributed by atoms with Gasteiger partial charge in [0.2, 0.25) is 0 Å². The van der Waals surface area contributed by atoms with E-state index in [1.165, 1.54) is 47.1 Å². The van der Waals surface area contributed by atoms with E-state index in [4.69, 9.17) is 0 Å². The minimum atomic E-state index is 0.196. The van der Waals surface area contributed by atoms with E-state index < -0.39 is 0 Å². The summed E-state index contributed by atoms with van der Waals surface area (Å²) >= 11 is 0. The Bertz CT molecular complexity index is 1300. The highest BCUT2D eigenvalue weighted by molar-refractivity contribution is 5.41. The van der Waals surface area contributed by atoms with Gasteiger partial charge in [0.05, 0.1) is 0 Å². The Morgan fingerprint density at radius 1 is 0.975 bits per heavy atom. The fraction of sp³-hybridized carbons (Fsp3) is 0.500. The minimum Gasteiger partial charge on any atom is -0.101 e. The molecule has 0 aliphatic heterocycles. The van der Waals surface area contributed by atoms with Gasteiger partial charge in [-0.3, -0.25) is 0 Å². The van der Waals surface area contributed by atoms with Crippen molar-refractivity contribution in [1.82, 2.24) is 0 Å². The lowest BCUT2D eigenvalue weighted by molar-refractivity contribution is 0.377. The van der Waals surface area contributed by atoms with Gasteiger partial charge in [0.25, 0.3) is 0 Å². The average Bonchev–Trinajstić information content (AvgIpc) is 2.85. The molecule has 2 unspecified atom stereocenters. The number of hydrogen-bond donors (Lipinski definition) is 0. The fourth-order valence-electron chi connectivity index (χ4n) is 5.36. The van der Waals surface area contributed by atoms with Gasteiger partial charge < -0.3 is 0 Å². The zero-order valence-corrected chi connectivity index (χ0v) is 27.0. The predicted molar refractivity (Wildman–Crippen MR) is 177 cm³/mol. The highest BCUT2D eigenvalue weighted by atomic mass is 14.3. The molecule has 40 heavy (non-hydrogen) atoms. The molecule has 0 nitrogen and oxygen atoms in total. The maximum atomic E-state index is 3.38. The van der Waals surface area contributed by atoms with E-state index in [-0.39, 0.29) is 22.7 Å². The van der Waals surface area contributed by atoms with Crippen LogP contribution in [0.3, 0.4) is 0 Å². The molecule has 0 heterocycles. The molecule has 0 N–H and O–H groups in total. The summed E-state index contributed by atoms with van der Waals surface area (Å²) in [6.45, 7) is 22.3. The van der Waals surface area contributed by atoms with E-state index >= 15 is 0 Å². The maximum absolute atomic E-state index is 3.38. The molecule has 212 valence electrons. The summed E-state index contributed by atoms with van der Waals surface area (Å²) in [5, 5.41) is 0. The smallest absolute Gasteiger partial charge is 0.0357 e. The Balaban J connectivity index is 1.83. The first kappa shape index (κ1) is 33.1. The van der Waals surface area contributed by atoms with Crippen molar-refractivity contribution in [2.24, 2.45) is 22.7 Å². The van der Waals surface area contributed by atoms with Gasteiger partial charge in [0.15, 0.2) is 0 Å². The number of rotatable bonds is 6. The largest absolute Gasteiger partial charge is 0.101 e. The first-order valence-electron chi connectivity index (χ1n) is 15.1. The second-order valence-corrected chi connectivity index (χ2v) is 13.0. The summed E-state index contributed by atoms with van der Waals surface area (Å²) in [5.74, 6) is 20.3. The third-order valence-corrected chi connectivity index (χ3v) is 7.92. The molecule has 0 heteroatoms. The van der Waals surface area contributed by atoms with Crippen LogP contribution in [-0.4, -0.2) is 0 Å². The SMILES string of the molecule is CC1=C(/C=C/C(C)C#CCC(C)C#CC/C=C(\C)C#C/C=C(C)/C=C/C2=C(C)CCCC2(C)C)C(C)(C)CC=C1. The Kier molecular flexibility index (Phi) is 12.9. The lowest BCUT2D eigenvalue weighted by Gasteiger charge is -2.32. The molecule has 2 rings (SSSR count). The molecule has 0 bridgehead atoms. The zero-order chi connectivity index (χ0) is 29.8. The molecular weight excluding hydrogens is 480 g/mol. The molecule has 0 amide bonds. The molecule has 0 fully saturated rings. The Labute approximate surface area is 247 Å². The number of allylic oxidation sites excluding steroid dienone is 14. The number of hydrogen-bond acceptors (Lipinski definition) is 0. The normalized spacial score (nSPS) is 20.4. The molecule has 0 aromatic heterocycles. The lowest BCUT2D eigenvalue weighted by Crippen LogP contribution is -2.19. The minimum absolute atomic E-state index is 0.196. The van der Waals surface area contributed by atoms with E-state index in [0.29, 0.717) is 0 Å². The van der Waals surface area contributed by atoms with Crippen LogP contribution in [0.4, 0.5) is 0 Å². The molecule has 0 spiro atoms. The predicted octanol–water partition coefficient (Wildman–Crippen LogP) is 10.9. The Hall–Kier alpha value is -3.14. The topological polar surface area (TPSA) is 0 Å². The highest BCUT2D eigenvalue weighted by Gasteiger charge is 2.26. The van der Waals surface area contributed by atoms with Crippen molar-refractivity contribution >= 4 is 0 Å². The molecule has 0 radical (unpaired) electrons. The van der Waals surface area contributed by atoms with Crippen molar-refractivity contribution in [1.29, 1.82) is 0 Å². The van der Waals surface area contributed by atoms with Crippen LogP contribution in [0.5, 0.6) is 0 Å². The molecule has 2 aliphatic carbocycles.